The minimum absolute atomic E-state index is 0.0111. The maximum Gasteiger partial charge on any atom is 0.334 e. The van der Waals surface area contributed by atoms with Gasteiger partial charge in [0.2, 0.25) is 0 Å². The molecule has 5 nitrogen and oxygen atoms in total. The molecule has 4 atom stereocenters. The van der Waals surface area contributed by atoms with Crippen LogP contribution in [0.1, 0.15) is 59.8 Å². The molecule has 1 heterocycles. The Bertz CT molecular complexity index is 685. The van der Waals surface area contributed by atoms with Gasteiger partial charge in [-0.25, -0.2) is 4.79 Å². The van der Waals surface area contributed by atoms with Crippen LogP contribution in [0.5, 0.6) is 0 Å². The smallest absolute Gasteiger partial charge is 0.334 e. The molecule has 2 aliphatic rings. The molecule has 0 aromatic heterocycles. The van der Waals surface area contributed by atoms with Crippen LogP contribution in [0.25, 0.3) is 0 Å². The van der Waals surface area contributed by atoms with Gasteiger partial charge in [-0.05, 0) is 59.0 Å². The third kappa shape index (κ3) is 5.65. The van der Waals surface area contributed by atoms with Crippen molar-refractivity contribution in [2.75, 3.05) is 0 Å². The first-order valence-corrected chi connectivity index (χ1v) is 9.59. The van der Waals surface area contributed by atoms with Gasteiger partial charge in [-0.1, -0.05) is 23.8 Å². The van der Waals surface area contributed by atoms with Crippen molar-refractivity contribution in [2.45, 2.75) is 72.0 Å². The highest BCUT2D eigenvalue weighted by atomic mass is 16.6. The van der Waals surface area contributed by atoms with Gasteiger partial charge in [0.05, 0.1) is 5.92 Å². The second-order valence-electron chi connectivity index (χ2n) is 7.74. The lowest BCUT2D eigenvalue weighted by Gasteiger charge is -2.28. The average Bonchev–Trinajstić information content (AvgIpc) is 2.81. The fraction of sp³-hybridized carbons (Fsp3) is 0.591. The SMILES string of the molecule is C=C1C(=O)OC2C=C(C)CCC=C(C)CCC(C(C)=O)C(OC(C)=O)CC12. The molecule has 0 saturated carbocycles. The molecule has 148 valence electrons. The summed E-state index contributed by atoms with van der Waals surface area (Å²) < 4.78 is 11.0. The molecule has 0 amide bonds. The predicted molar refractivity (Wildman–Crippen MR) is 103 cm³/mol. The van der Waals surface area contributed by atoms with Crippen molar-refractivity contribution < 1.29 is 23.9 Å². The van der Waals surface area contributed by atoms with Gasteiger partial charge in [-0.2, -0.15) is 0 Å². The van der Waals surface area contributed by atoms with Crippen LogP contribution in [-0.4, -0.2) is 29.9 Å². The molecular formula is C22H30O5. The molecular weight excluding hydrogens is 344 g/mol. The number of Topliss-reactive ketones (excluding diaryl/α,β-unsaturated/α-hetero) is 1. The number of fused-ring (bicyclic) bond motifs is 1. The first-order valence-electron chi connectivity index (χ1n) is 9.59. The van der Waals surface area contributed by atoms with Crippen LogP contribution in [0.2, 0.25) is 0 Å². The first kappa shape index (κ1) is 21.1. The van der Waals surface area contributed by atoms with Crippen LogP contribution in [0.3, 0.4) is 0 Å². The molecule has 1 fully saturated rings. The molecule has 0 radical (unpaired) electrons. The summed E-state index contributed by atoms with van der Waals surface area (Å²) in [5.41, 5.74) is 2.75. The molecule has 0 spiro atoms. The van der Waals surface area contributed by atoms with E-state index in [0.29, 0.717) is 18.4 Å². The van der Waals surface area contributed by atoms with Gasteiger partial charge in [-0.3, -0.25) is 9.59 Å². The van der Waals surface area contributed by atoms with Gasteiger partial charge in [0.1, 0.15) is 18.0 Å². The summed E-state index contributed by atoms with van der Waals surface area (Å²) in [7, 11) is 0. The lowest BCUT2D eigenvalue weighted by Crippen LogP contribution is -2.34. The Morgan fingerprint density at radius 2 is 1.89 bits per heavy atom. The van der Waals surface area contributed by atoms with Crippen molar-refractivity contribution in [1.29, 1.82) is 0 Å². The normalized spacial score (nSPS) is 29.9. The minimum atomic E-state index is -0.596. The number of rotatable bonds is 2. The second-order valence-corrected chi connectivity index (χ2v) is 7.74. The fourth-order valence-corrected chi connectivity index (χ4v) is 3.86. The van der Waals surface area contributed by atoms with E-state index in [9.17, 15) is 14.4 Å². The molecule has 5 heteroatoms. The monoisotopic (exact) mass is 374 g/mol. The van der Waals surface area contributed by atoms with E-state index < -0.39 is 30.1 Å². The van der Waals surface area contributed by atoms with Crippen molar-refractivity contribution in [2.24, 2.45) is 11.8 Å². The van der Waals surface area contributed by atoms with E-state index in [1.54, 1.807) is 0 Å². The van der Waals surface area contributed by atoms with Gasteiger partial charge >= 0.3 is 11.9 Å². The number of esters is 2. The Morgan fingerprint density at radius 1 is 1.19 bits per heavy atom. The zero-order chi connectivity index (χ0) is 20.1. The Morgan fingerprint density at radius 3 is 2.52 bits per heavy atom. The van der Waals surface area contributed by atoms with Gasteiger partial charge in [-0.15, -0.1) is 0 Å². The molecule has 0 aromatic rings. The third-order valence-electron chi connectivity index (χ3n) is 5.45. The Labute approximate surface area is 161 Å². The van der Waals surface area contributed by atoms with Crippen molar-refractivity contribution >= 4 is 17.7 Å². The predicted octanol–water partition coefficient (Wildman–Crippen LogP) is 4.08. The van der Waals surface area contributed by atoms with Crippen LogP contribution in [0, 0.1) is 11.8 Å². The second kappa shape index (κ2) is 9.16. The largest absolute Gasteiger partial charge is 0.462 e. The molecule has 1 saturated heterocycles. The fourth-order valence-electron chi connectivity index (χ4n) is 3.86. The molecule has 2 rings (SSSR count). The molecule has 0 aromatic carbocycles. The van der Waals surface area contributed by atoms with Crippen molar-refractivity contribution in [3.8, 4) is 0 Å². The molecule has 4 unspecified atom stereocenters. The Balaban J connectivity index is 2.41. The lowest BCUT2D eigenvalue weighted by molar-refractivity contribution is -0.152. The summed E-state index contributed by atoms with van der Waals surface area (Å²) in [6.07, 6.45) is 6.65. The van der Waals surface area contributed by atoms with Crippen molar-refractivity contribution in [1.82, 2.24) is 0 Å². The third-order valence-corrected chi connectivity index (χ3v) is 5.45. The molecule has 1 aliphatic carbocycles. The molecule has 0 bridgehead atoms. The topological polar surface area (TPSA) is 69.7 Å². The standard InChI is InChI=1S/C22H30O5/c1-13-7-6-8-14(2)11-20-19(15(3)22(25)27-20)12-21(26-17(5)24)18(10-9-13)16(4)23/h7,11,18-21H,3,6,8-10,12H2,1-2,4-5H3. The first-order chi connectivity index (χ1) is 12.7. The van der Waals surface area contributed by atoms with E-state index in [-0.39, 0.29) is 11.7 Å². The highest BCUT2D eigenvalue weighted by molar-refractivity contribution is 5.91. The number of allylic oxidation sites excluding steroid dienone is 3. The molecule has 0 N–H and O–H groups in total. The number of ether oxygens (including phenoxy) is 2. The number of ketones is 1. The van der Waals surface area contributed by atoms with E-state index in [0.717, 1.165) is 24.8 Å². The summed E-state index contributed by atoms with van der Waals surface area (Å²) in [6.45, 7) is 10.9. The van der Waals surface area contributed by atoms with E-state index in [1.807, 2.05) is 13.0 Å². The van der Waals surface area contributed by atoms with Crippen LogP contribution >= 0.6 is 0 Å². The minimum Gasteiger partial charge on any atom is -0.462 e. The van der Waals surface area contributed by atoms with Crippen molar-refractivity contribution in [3.63, 3.8) is 0 Å². The summed E-state index contributed by atoms with van der Waals surface area (Å²) in [5, 5.41) is 0. The number of carbonyl (C=O) groups excluding carboxylic acids is 3. The maximum absolute atomic E-state index is 12.3. The Hall–Kier alpha value is -2.17. The lowest BCUT2D eigenvalue weighted by atomic mass is 9.82. The van der Waals surface area contributed by atoms with E-state index in [4.69, 9.17) is 9.47 Å². The number of carbonyl (C=O) groups is 3. The van der Waals surface area contributed by atoms with Gasteiger partial charge < -0.3 is 9.47 Å². The van der Waals surface area contributed by atoms with Gasteiger partial charge in [0.15, 0.2) is 0 Å². The zero-order valence-electron chi connectivity index (χ0n) is 16.7. The van der Waals surface area contributed by atoms with Crippen LogP contribution in [0.15, 0.2) is 35.5 Å². The van der Waals surface area contributed by atoms with Crippen LogP contribution < -0.4 is 0 Å². The summed E-state index contributed by atoms with van der Waals surface area (Å²) in [6, 6.07) is 0. The Kier molecular flexibility index (Phi) is 7.17. The quantitative estimate of drug-likeness (QED) is 0.414. The van der Waals surface area contributed by atoms with E-state index in [1.165, 1.54) is 19.4 Å². The van der Waals surface area contributed by atoms with Crippen LogP contribution in [-0.2, 0) is 23.9 Å². The van der Waals surface area contributed by atoms with E-state index in [2.05, 4.69) is 19.6 Å². The van der Waals surface area contributed by atoms with Crippen LogP contribution in [0.4, 0.5) is 0 Å². The molecule has 1 aliphatic heterocycles. The highest BCUT2D eigenvalue weighted by Gasteiger charge is 2.41. The van der Waals surface area contributed by atoms with E-state index >= 15 is 0 Å². The van der Waals surface area contributed by atoms with Gasteiger partial charge in [0, 0.05) is 18.4 Å². The van der Waals surface area contributed by atoms with Crippen molar-refractivity contribution in [3.05, 3.63) is 35.5 Å². The summed E-state index contributed by atoms with van der Waals surface area (Å²) >= 11 is 0. The maximum atomic E-state index is 12.3. The summed E-state index contributed by atoms with van der Waals surface area (Å²) in [5.74, 6) is -1.57. The summed E-state index contributed by atoms with van der Waals surface area (Å²) in [4.78, 5) is 36.1. The molecule has 27 heavy (non-hydrogen) atoms. The highest BCUT2D eigenvalue weighted by Crippen LogP contribution is 2.36. The van der Waals surface area contributed by atoms with Gasteiger partial charge in [0.25, 0.3) is 0 Å². The number of hydrogen-bond acceptors (Lipinski definition) is 5. The average molecular weight is 374 g/mol. The zero-order valence-corrected chi connectivity index (χ0v) is 16.7. The number of hydrogen-bond donors (Lipinski definition) is 0.